The lowest BCUT2D eigenvalue weighted by molar-refractivity contribution is -0.142. The van der Waals surface area contributed by atoms with Gasteiger partial charge in [0.15, 0.2) is 0 Å². The van der Waals surface area contributed by atoms with Gasteiger partial charge >= 0.3 is 59.7 Å². The van der Waals surface area contributed by atoms with Crippen LogP contribution in [0.5, 0.6) is 0 Å². The highest BCUT2D eigenvalue weighted by atomic mass is 16.5. The van der Waals surface area contributed by atoms with E-state index in [-0.39, 0.29) is 42.4 Å². The van der Waals surface area contributed by atoms with Crippen molar-refractivity contribution < 1.29 is 104 Å². The summed E-state index contributed by atoms with van der Waals surface area (Å²) in [5.74, 6) is -6.34. The lowest BCUT2D eigenvalue weighted by Crippen LogP contribution is -2.48. The maximum absolute atomic E-state index is 10.9. The minimum atomic E-state index is -0.800. The van der Waals surface area contributed by atoms with E-state index in [1.54, 1.807) is 0 Å². The summed E-state index contributed by atoms with van der Waals surface area (Å²) < 4.78 is 5.64. The quantitative estimate of drug-likeness (QED) is 0.0902. The Morgan fingerprint density at radius 2 is 0.722 bits per heavy atom. The topological polar surface area (TPSA) is 503 Å². The number of carboxylic acids is 10. The van der Waals surface area contributed by atoms with Crippen molar-refractivity contribution in [2.45, 2.75) is 208 Å². The fraction of sp³-hybridized carbons (Fsp3) is 0.558. The van der Waals surface area contributed by atoms with Crippen LogP contribution in [0.25, 0.3) is 0 Å². The number of piperidine rings is 2. The molecule has 31 nitrogen and oxygen atoms in total. The van der Waals surface area contributed by atoms with Crippen LogP contribution in [0.2, 0.25) is 0 Å². The van der Waals surface area contributed by atoms with Crippen molar-refractivity contribution in [2.75, 3.05) is 52.4 Å². The van der Waals surface area contributed by atoms with Gasteiger partial charge in [0.2, 0.25) is 0 Å². The van der Waals surface area contributed by atoms with Crippen molar-refractivity contribution in [2.24, 2.45) is 11.8 Å². The summed E-state index contributed by atoms with van der Waals surface area (Å²) in [6, 6.07) is 30.0. The zero-order chi connectivity index (χ0) is 78.3. The molecule has 10 aliphatic heterocycles. The Bertz CT molecular complexity index is 3350. The zero-order valence-electron chi connectivity index (χ0n) is 61.0. The van der Waals surface area contributed by atoms with Gasteiger partial charge in [-0.3, -0.25) is 47.9 Å². The van der Waals surface area contributed by atoms with Crippen molar-refractivity contribution in [3.63, 3.8) is 0 Å². The van der Waals surface area contributed by atoms with Crippen LogP contribution in [0.4, 0.5) is 0 Å². The number of benzene rings is 4. The van der Waals surface area contributed by atoms with Crippen LogP contribution >= 0.6 is 0 Å². The summed E-state index contributed by atoms with van der Waals surface area (Å²) in [7, 11) is 0. The highest BCUT2D eigenvalue weighted by Gasteiger charge is 2.41. The van der Waals surface area contributed by atoms with Gasteiger partial charge < -0.3 is 109 Å². The number of nitrogens with one attached hydrogen (secondary N) is 10. The number of fused-ring (bicyclic) bond motifs is 4. The second kappa shape index (κ2) is 47.8. The fourth-order valence-corrected chi connectivity index (χ4v) is 13.8. The normalized spacial score (nSPS) is 26.4. The number of hydrogen-bond acceptors (Lipinski definition) is 21. The van der Waals surface area contributed by atoms with Crippen molar-refractivity contribution in [1.82, 2.24) is 53.2 Å². The van der Waals surface area contributed by atoms with Gasteiger partial charge in [-0.15, -0.1) is 0 Å². The third-order valence-electron chi connectivity index (χ3n) is 20.1. The van der Waals surface area contributed by atoms with E-state index in [0.29, 0.717) is 57.3 Å². The number of hydrogen-bond donors (Lipinski definition) is 20. The van der Waals surface area contributed by atoms with Gasteiger partial charge in [0.1, 0.15) is 60.4 Å². The molecule has 13 atom stereocenters. The first-order valence-corrected chi connectivity index (χ1v) is 37.4. The molecule has 0 amide bonds. The molecule has 11 aliphatic rings. The van der Waals surface area contributed by atoms with Gasteiger partial charge in [-0.05, 0) is 180 Å². The molecule has 4 aromatic carbocycles. The summed E-state index contributed by atoms with van der Waals surface area (Å²) in [5.41, 5.74) is 7.87. The van der Waals surface area contributed by atoms with Crippen LogP contribution in [0.1, 0.15) is 148 Å². The van der Waals surface area contributed by atoms with Crippen molar-refractivity contribution in [1.29, 1.82) is 0 Å². The smallest absolute Gasteiger partial charge is 0.325 e. The first-order valence-electron chi connectivity index (χ1n) is 37.4. The second-order valence-electron chi connectivity index (χ2n) is 27.8. The molecule has 0 radical (unpaired) electrons. The molecule has 15 rings (SSSR count). The molecule has 1 aliphatic carbocycles. The highest BCUT2D eigenvalue weighted by Crippen LogP contribution is 2.36. The summed E-state index contributed by atoms with van der Waals surface area (Å²) in [6.07, 6.45) is 17.7. The lowest BCUT2D eigenvalue weighted by Gasteiger charge is -2.26. The molecule has 1 saturated carbocycles. The van der Waals surface area contributed by atoms with Gasteiger partial charge in [-0.2, -0.15) is 0 Å². The first kappa shape index (κ1) is 88.0. The number of carboxylic acid groups (broad SMARTS) is 10. The average Bonchev–Trinajstić information content (AvgIpc) is 1.70. The Morgan fingerprint density at radius 1 is 0.324 bits per heavy atom. The Labute approximate surface area is 628 Å². The molecule has 0 spiro atoms. The molecule has 20 N–H and O–H groups in total. The third kappa shape index (κ3) is 31.0. The van der Waals surface area contributed by atoms with Crippen LogP contribution in [0.15, 0.2) is 103 Å². The average molecular weight is 1510 g/mol. The molecule has 4 aromatic rings. The summed E-state index contributed by atoms with van der Waals surface area (Å²) in [6.45, 7) is 8.43. The number of carbonyl (C=O) groups is 10. The number of ether oxygens (including phenoxy) is 1. The van der Waals surface area contributed by atoms with Crippen molar-refractivity contribution >= 4 is 59.7 Å². The van der Waals surface area contributed by atoms with Gasteiger partial charge in [-0.25, -0.2) is 0 Å². The Morgan fingerprint density at radius 3 is 1.11 bits per heavy atom. The van der Waals surface area contributed by atoms with E-state index in [1.165, 1.54) is 30.4 Å². The monoisotopic (exact) mass is 1510 g/mol. The minimum absolute atomic E-state index is 0.00121. The van der Waals surface area contributed by atoms with Gasteiger partial charge in [-0.1, -0.05) is 129 Å². The maximum Gasteiger partial charge on any atom is 0.325 e. The van der Waals surface area contributed by atoms with E-state index < -0.39 is 83.9 Å². The van der Waals surface area contributed by atoms with E-state index in [0.717, 1.165) is 157 Å². The van der Waals surface area contributed by atoms with Crippen LogP contribution < -0.4 is 53.2 Å². The molecule has 0 bridgehead atoms. The predicted octanol–water partition coefficient (Wildman–Crippen LogP) is 3.90. The molecule has 3 unspecified atom stereocenters. The Hall–Kier alpha value is -8.86. The molecule has 8 fully saturated rings. The van der Waals surface area contributed by atoms with Crippen LogP contribution in [0.3, 0.4) is 0 Å². The SMILES string of the molecule is O=C(O)[C@@H]1CC(OCc2ccccc2)CN1.O=C(O)[C@@H]1CCCCN1.O=C(O)[C@@H]1CCCN1.O=C(O)[C@@H]1CCN1.O=C(O)[C@@H]1Cc2ccccc2CN1.O=C(O)[C@H]1CCCCN1.O=C(O)[C@H]1CCCN1.O=C(O)[C@H]1Cc2ccccc2CN1.O=C(O)[C@H]1NCC2CCCCC21.O=C(O)[C@H]1NCCc2ccccc21. The van der Waals surface area contributed by atoms with E-state index in [4.69, 9.17) is 55.8 Å². The van der Waals surface area contributed by atoms with E-state index >= 15 is 0 Å². The third-order valence-corrected chi connectivity index (χ3v) is 20.1. The summed E-state index contributed by atoms with van der Waals surface area (Å²) in [5, 5.41) is 115. The van der Waals surface area contributed by atoms with Crippen molar-refractivity contribution in [3.8, 4) is 0 Å². The van der Waals surface area contributed by atoms with Gasteiger partial charge in [0.05, 0.1) is 12.7 Å². The molecular formula is C77H110N10O21. The molecule has 7 saturated heterocycles. The van der Waals surface area contributed by atoms with Crippen LogP contribution in [0, 0.1) is 11.8 Å². The largest absolute Gasteiger partial charge is 0.480 e. The summed E-state index contributed by atoms with van der Waals surface area (Å²) >= 11 is 0. The Kier molecular flexibility index (Phi) is 39.0. The van der Waals surface area contributed by atoms with Gasteiger partial charge in [0.25, 0.3) is 0 Å². The Balaban J connectivity index is 0.000000189. The highest BCUT2D eigenvalue weighted by molar-refractivity contribution is 5.78. The standard InChI is InChI=1S/C12H15NO3.3C10H11NO2.C9H15NO2.2C6H11NO2.2C5H9NO2.C4H7NO2/c14-12(15)11-6-10(7-13-11)16-8-9-4-2-1-3-5-9;2*12-10(13)9-5-7-3-1-2-4-8(7)6-11-9;12-10(13)9-8-4-2-1-3-7(8)5-6-11-9;11-9(12)8-7-4-2-1-3-6(7)5-10-8;2*8-6(9)5-3-1-2-4-7-5;2*7-5(8)4-2-1-3-6-4;6-4(7)3-1-2-5-3/h1-5,10-11,13H,6-8H2,(H,14,15);3*1-4,9,11H,5-6H2,(H,12,13);6-8,10H,1-5H2,(H,11,12);2*5,7H,1-4H2,(H,8,9);2*4,6H,1-3H2,(H,7,8);3,5H,1-2H2,(H,6,7)/t10?,11-;3*9-;6?,7?,8-;2*5-;2*4-;3-/m0100010100/s1. The van der Waals surface area contributed by atoms with E-state index in [1.807, 2.05) is 103 Å². The van der Waals surface area contributed by atoms with E-state index in [9.17, 15) is 47.9 Å². The fourth-order valence-electron chi connectivity index (χ4n) is 13.8. The number of aliphatic carboxylic acids is 10. The predicted molar refractivity (Wildman–Crippen MR) is 397 cm³/mol. The minimum Gasteiger partial charge on any atom is -0.480 e. The van der Waals surface area contributed by atoms with Crippen LogP contribution in [-0.4, -0.2) is 224 Å². The molecule has 594 valence electrons. The van der Waals surface area contributed by atoms with Gasteiger partial charge in [0, 0.05) is 32.6 Å². The maximum atomic E-state index is 10.9. The van der Waals surface area contributed by atoms with Crippen LogP contribution in [-0.2, 0) is 91.6 Å². The molecule has 10 heterocycles. The van der Waals surface area contributed by atoms with Crippen molar-refractivity contribution in [3.05, 3.63) is 142 Å². The second-order valence-corrected chi connectivity index (χ2v) is 27.8. The molecule has 31 heteroatoms. The lowest BCUT2D eigenvalue weighted by atomic mass is 9.78. The zero-order valence-corrected chi connectivity index (χ0v) is 61.0. The number of rotatable bonds is 13. The first-order chi connectivity index (χ1) is 51.9. The molecular weight excluding hydrogens is 1400 g/mol. The van der Waals surface area contributed by atoms with E-state index in [2.05, 4.69) is 53.2 Å². The summed E-state index contributed by atoms with van der Waals surface area (Å²) in [4.78, 5) is 105. The molecule has 0 aromatic heterocycles. The molecule has 108 heavy (non-hydrogen) atoms.